The summed E-state index contributed by atoms with van der Waals surface area (Å²) in [5, 5.41) is 2.75. The highest BCUT2D eigenvalue weighted by Gasteiger charge is 2.09. The van der Waals surface area contributed by atoms with E-state index in [1.807, 2.05) is 0 Å². The van der Waals surface area contributed by atoms with Crippen LogP contribution in [0.2, 0.25) is 0 Å². The van der Waals surface area contributed by atoms with Gasteiger partial charge in [0.05, 0.1) is 23.3 Å². The molecule has 0 unspecified atom stereocenters. The van der Waals surface area contributed by atoms with Crippen molar-refractivity contribution in [3.05, 3.63) is 88.9 Å². The minimum atomic E-state index is -3.38. The number of nitrogens with one attached hydrogen (secondary N) is 2. The number of pyridine rings is 1. The SMILES string of the molecule is Cc1cc(CNC(=O)/C=C/c2ccc(CF)nc2-c2cccc(F)c2)ccc1NS(C)(=O)=O. The first-order valence-corrected chi connectivity index (χ1v) is 11.9. The number of nitrogens with zero attached hydrogens (tertiary/aromatic N) is 1. The van der Waals surface area contributed by atoms with E-state index in [9.17, 15) is 22.0 Å². The Morgan fingerprint density at radius 3 is 2.58 bits per heavy atom. The second-order valence-electron chi connectivity index (χ2n) is 7.46. The molecule has 3 aromatic rings. The number of hydrogen-bond acceptors (Lipinski definition) is 4. The summed E-state index contributed by atoms with van der Waals surface area (Å²) in [5.41, 5.74) is 3.59. The molecule has 0 saturated heterocycles. The van der Waals surface area contributed by atoms with Crippen LogP contribution in [0.1, 0.15) is 22.4 Å². The van der Waals surface area contributed by atoms with Crippen molar-refractivity contribution >= 4 is 27.7 Å². The van der Waals surface area contributed by atoms with Crippen LogP contribution < -0.4 is 10.0 Å². The van der Waals surface area contributed by atoms with Crippen LogP contribution in [0.4, 0.5) is 14.5 Å². The van der Waals surface area contributed by atoms with E-state index in [2.05, 4.69) is 15.0 Å². The summed E-state index contributed by atoms with van der Waals surface area (Å²) < 4.78 is 52.0. The molecule has 0 saturated carbocycles. The number of hydrogen-bond donors (Lipinski definition) is 2. The van der Waals surface area contributed by atoms with Crippen molar-refractivity contribution in [2.24, 2.45) is 0 Å². The molecule has 9 heteroatoms. The van der Waals surface area contributed by atoms with E-state index < -0.39 is 22.5 Å². The lowest BCUT2D eigenvalue weighted by atomic mass is 10.0. The quantitative estimate of drug-likeness (QED) is 0.478. The lowest BCUT2D eigenvalue weighted by Crippen LogP contribution is -2.20. The molecule has 0 spiro atoms. The number of rotatable bonds is 8. The zero-order valence-electron chi connectivity index (χ0n) is 18.1. The number of benzene rings is 2. The van der Waals surface area contributed by atoms with Crippen molar-refractivity contribution in [2.75, 3.05) is 11.0 Å². The van der Waals surface area contributed by atoms with Crippen LogP contribution in [0.5, 0.6) is 0 Å². The Labute approximate surface area is 191 Å². The summed E-state index contributed by atoms with van der Waals surface area (Å²) in [6, 6.07) is 14.1. The number of sulfonamides is 1. The van der Waals surface area contributed by atoms with Gasteiger partial charge in [-0.2, -0.15) is 0 Å². The first kappa shape index (κ1) is 24.1. The van der Waals surface area contributed by atoms with Crippen molar-refractivity contribution in [3.63, 3.8) is 0 Å². The largest absolute Gasteiger partial charge is 0.348 e. The number of aromatic nitrogens is 1. The molecule has 33 heavy (non-hydrogen) atoms. The summed E-state index contributed by atoms with van der Waals surface area (Å²) in [6.07, 6.45) is 3.93. The normalized spacial score (nSPS) is 11.5. The van der Waals surface area contributed by atoms with Gasteiger partial charge >= 0.3 is 0 Å². The molecular weight excluding hydrogens is 448 g/mol. The average molecular weight is 472 g/mol. The number of alkyl halides is 1. The summed E-state index contributed by atoms with van der Waals surface area (Å²) in [6.45, 7) is 1.24. The Morgan fingerprint density at radius 2 is 1.91 bits per heavy atom. The van der Waals surface area contributed by atoms with Crippen molar-refractivity contribution in [3.8, 4) is 11.3 Å². The predicted molar refractivity (Wildman–Crippen MR) is 125 cm³/mol. The molecule has 0 radical (unpaired) electrons. The summed E-state index contributed by atoms with van der Waals surface area (Å²) in [7, 11) is -3.38. The molecule has 2 N–H and O–H groups in total. The highest BCUT2D eigenvalue weighted by molar-refractivity contribution is 7.92. The smallest absolute Gasteiger partial charge is 0.244 e. The number of aryl methyl sites for hydroxylation is 1. The fourth-order valence-electron chi connectivity index (χ4n) is 3.15. The minimum Gasteiger partial charge on any atom is -0.348 e. The minimum absolute atomic E-state index is 0.208. The standard InChI is InChI=1S/C24H23F2N3O3S/c1-16-12-17(6-10-22(16)29-33(2,31)32)15-27-23(30)11-8-18-7-9-21(14-25)28-24(18)19-4-3-5-20(26)13-19/h3-13,29H,14-15H2,1-2H3,(H,27,30)/b11-8+. The van der Waals surface area contributed by atoms with E-state index >= 15 is 0 Å². The third-order valence-corrected chi connectivity index (χ3v) is 5.28. The van der Waals surface area contributed by atoms with Crippen LogP contribution in [0.3, 0.4) is 0 Å². The highest BCUT2D eigenvalue weighted by atomic mass is 32.2. The first-order valence-electron chi connectivity index (χ1n) is 9.99. The molecule has 172 valence electrons. The molecule has 3 rings (SSSR count). The van der Waals surface area contributed by atoms with E-state index in [1.54, 1.807) is 37.3 Å². The molecule has 1 aromatic heterocycles. The maximum Gasteiger partial charge on any atom is 0.244 e. The van der Waals surface area contributed by atoms with Crippen molar-refractivity contribution in [2.45, 2.75) is 20.1 Å². The van der Waals surface area contributed by atoms with Crippen LogP contribution >= 0.6 is 0 Å². The summed E-state index contributed by atoms with van der Waals surface area (Å²) in [5.74, 6) is -0.813. The zero-order valence-corrected chi connectivity index (χ0v) is 18.9. The van der Waals surface area contributed by atoms with Crippen LogP contribution in [0, 0.1) is 12.7 Å². The molecule has 1 heterocycles. The maximum absolute atomic E-state index is 13.7. The molecule has 0 fully saturated rings. The third-order valence-electron chi connectivity index (χ3n) is 4.69. The molecule has 0 bridgehead atoms. The van der Waals surface area contributed by atoms with Gasteiger partial charge in [0.15, 0.2) is 0 Å². The zero-order chi connectivity index (χ0) is 24.0. The van der Waals surface area contributed by atoms with Gasteiger partial charge in [0.1, 0.15) is 12.5 Å². The highest BCUT2D eigenvalue weighted by Crippen LogP contribution is 2.24. The number of amides is 1. The summed E-state index contributed by atoms with van der Waals surface area (Å²) >= 11 is 0. The Balaban J connectivity index is 1.72. The third kappa shape index (κ3) is 6.95. The van der Waals surface area contributed by atoms with E-state index in [0.29, 0.717) is 22.5 Å². The van der Waals surface area contributed by atoms with Crippen LogP contribution in [0.15, 0.2) is 60.7 Å². The monoisotopic (exact) mass is 471 g/mol. The molecule has 0 aliphatic rings. The van der Waals surface area contributed by atoms with Gasteiger partial charge in [-0.05, 0) is 48.4 Å². The number of carbonyl (C=O) groups is 1. The Kier molecular flexibility index (Phi) is 7.55. The Morgan fingerprint density at radius 1 is 1.12 bits per heavy atom. The number of halogens is 2. The van der Waals surface area contributed by atoms with Gasteiger partial charge in [-0.3, -0.25) is 9.52 Å². The summed E-state index contributed by atoms with van der Waals surface area (Å²) in [4.78, 5) is 16.6. The molecule has 0 aliphatic heterocycles. The second-order valence-corrected chi connectivity index (χ2v) is 9.21. The van der Waals surface area contributed by atoms with Crippen molar-refractivity contribution < 1.29 is 22.0 Å². The van der Waals surface area contributed by atoms with Crippen LogP contribution in [-0.4, -0.2) is 25.6 Å². The van der Waals surface area contributed by atoms with Gasteiger partial charge in [-0.1, -0.05) is 30.3 Å². The Bertz CT molecular complexity index is 1310. The number of carbonyl (C=O) groups excluding carboxylic acids is 1. The molecule has 6 nitrogen and oxygen atoms in total. The second kappa shape index (κ2) is 10.4. The van der Waals surface area contributed by atoms with Crippen molar-refractivity contribution in [1.82, 2.24) is 10.3 Å². The predicted octanol–water partition coefficient (Wildman–Crippen LogP) is 4.37. The van der Waals surface area contributed by atoms with Gasteiger partial charge in [0, 0.05) is 23.7 Å². The van der Waals surface area contributed by atoms with Gasteiger partial charge in [0.2, 0.25) is 15.9 Å². The van der Waals surface area contributed by atoms with E-state index in [-0.39, 0.29) is 18.1 Å². The topological polar surface area (TPSA) is 88.2 Å². The van der Waals surface area contributed by atoms with Crippen LogP contribution in [0.25, 0.3) is 17.3 Å². The lowest BCUT2D eigenvalue weighted by Gasteiger charge is -2.10. The Hall–Kier alpha value is -3.59. The van der Waals surface area contributed by atoms with Crippen LogP contribution in [-0.2, 0) is 28.0 Å². The van der Waals surface area contributed by atoms with E-state index in [0.717, 1.165) is 17.4 Å². The molecule has 2 aromatic carbocycles. The van der Waals surface area contributed by atoms with Gasteiger partial charge in [0.25, 0.3) is 0 Å². The number of anilines is 1. The van der Waals surface area contributed by atoms with E-state index in [4.69, 9.17) is 0 Å². The van der Waals surface area contributed by atoms with Crippen molar-refractivity contribution in [1.29, 1.82) is 0 Å². The maximum atomic E-state index is 13.7. The molecular formula is C24H23F2N3O3S. The van der Waals surface area contributed by atoms with Gasteiger partial charge in [-0.15, -0.1) is 0 Å². The first-order chi connectivity index (χ1) is 15.6. The lowest BCUT2D eigenvalue weighted by molar-refractivity contribution is -0.116. The fourth-order valence-corrected chi connectivity index (χ4v) is 3.78. The molecule has 0 aliphatic carbocycles. The van der Waals surface area contributed by atoms with E-state index in [1.165, 1.54) is 36.4 Å². The molecule has 0 atom stereocenters. The average Bonchev–Trinajstić information content (AvgIpc) is 2.77. The fraction of sp³-hybridized carbons (Fsp3) is 0.167. The van der Waals surface area contributed by atoms with Gasteiger partial charge < -0.3 is 5.32 Å². The van der Waals surface area contributed by atoms with Gasteiger partial charge in [-0.25, -0.2) is 22.2 Å². The molecule has 1 amide bonds.